The molecule has 16 heavy (non-hydrogen) atoms. The highest BCUT2D eigenvalue weighted by molar-refractivity contribution is 5.74. The Labute approximate surface area is 95.1 Å². The molecule has 1 N–H and O–H groups in total. The first-order valence-electron chi connectivity index (χ1n) is 5.23. The van der Waals surface area contributed by atoms with Crippen molar-refractivity contribution in [3.63, 3.8) is 0 Å². The van der Waals surface area contributed by atoms with Gasteiger partial charge in [0.15, 0.2) is 0 Å². The minimum absolute atomic E-state index is 0.205. The second kappa shape index (κ2) is 4.24. The van der Waals surface area contributed by atoms with Gasteiger partial charge >= 0.3 is 5.97 Å². The Kier molecular flexibility index (Phi) is 3.36. The Bertz CT molecular complexity index is 422. The average Bonchev–Trinajstić information content (AvgIpc) is 2.12. The molecule has 0 unspecified atom stereocenters. The SMILES string of the molecule is Cc1cc(C)c(F)c(CC(C)(C)C(=O)O)c1. The van der Waals surface area contributed by atoms with Crippen molar-refractivity contribution in [1.82, 2.24) is 0 Å². The monoisotopic (exact) mass is 224 g/mol. The smallest absolute Gasteiger partial charge is 0.309 e. The topological polar surface area (TPSA) is 37.3 Å². The lowest BCUT2D eigenvalue weighted by Crippen LogP contribution is -2.26. The Morgan fingerprint density at radius 1 is 1.38 bits per heavy atom. The van der Waals surface area contributed by atoms with Crippen LogP contribution < -0.4 is 0 Å². The Hall–Kier alpha value is -1.38. The molecule has 0 radical (unpaired) electrons. The molecule has 0 amide bonds. The van der Waals surface area contributed by atoms with Crippen molar-refractivity contribution in [2.24, 2.45) is 5.41 Å². The lowest BCUT2D eigenvalue weighted by Gasteiger charge is -2.20. The van der Waals surface area contributed by atoms with Gasteiger partial charge in [0.1, 0.15) is 5.82 Å². The zero-order chi connectivity index (χ0) is 12.5. The maximum Gasteiger partial charge on any atom is 0.309 e. The Morgan fingerprint density at radius 2 is 1.94 bits per heavy atom. The summed E-state index contributed by atoms with van der Waals surface area (Å²) in [5, 5.41) is 9.01. The number of halogens is 1. The summed E-state index contributed by atoms with van der Waals surface area (Å²) in [5.41, 5.74) is 1.05. The molecule has 1 aromatic rings. The number of aliphatic carboxylic acids is 1. The minimum Gasteiger partial charge on any atom is -0.481 e. The number of rotatable bonds is 3. The van der Waals surface area contributed by atoms with Crippen molar-refractivity contribution >= 4 is 5.97 Å². The molecule has 88 valence electrons. The minimum atomic E-state index is -0.943. The maximum absolute atomic E-state index is 13.8. The summed E-state index contributed by atoms with van der Waals surface area (Å²) in [6.45, 7) is 6.78. The van der Waals surface area contributed by atoms with E-state index in [0.717, 1.165) is 5.56 Å². The van der Waals surface area contributed by atoms with Gasteiger partial charge in [-0.15, -0.1) is 0 Å². The van der Waals surface area contributed by atoms with Crippen LogP contribution in [0.5, 0.6) is 0 Å². The fraction of sp³-hybridized carbons (Fsp3) is 0.462. The summed E-state index contributed by atoms with van der Waals surface area (Å²) in [4.78, 5) is 11.0. The van der Waals surface area contributed by atoms with Crippen LogP contribution in [0.1, 0.15) is 30.5 Å². The zero-order valence-corrected chi connectivity index (χ0v) is 10.1. The van der Waals surface area contributed by atoms with Crippen LogP contribution in [0.3, 0.4) is 0 Å². The first-order valence-corrected chi connectivity index (χ1v) is 5.23. The predicted molar refractivity (Wildman–Crippen MR) is 61.0 cm³/mol. The normalized spacial score (nSPS) is 11.6. The number of hydrogen-bond donors (Lipinski definition) is 1. The first kappa shape index (κ1) is 12.7. The number of carboxylic acid groups (broad SMARTS) is 1. The highest BCUT2D eigenvalue weighted by Crippen LogP contribution is 2.25. The lowest BCUT2D eigenvalue weighted by atomic mass is 9.85. The van der Waals surface area contributed by atoms with Crippen LogP contribution >= 0.6 is 0 Å². The van der Waals surface area contributed by atoms with Gasteiger partial charge in [0.25, 0.3) is 0 Å². The number of carboxylic acids is 1. The van der Waals surface area contributed by atoms with Gasteiger partial charge in [-0.2, -0.15) is 0 Å². The van der Waals surface area contributed by atoms with Gasteiger partial charge in [-0.3, -0.25) is 4.79 Å². The van der Waals surface area contributed by atoms with E-state index in [4.69, 9.17) is 5.11 Å². The molecule has 0 atom stereocenters. The largest absolute Gasteiger partial charge is 0.481 e. The van der Waals surface area contributed by atoms with E-state index < -0.39 is 11.4 Å². The van der Waals surface area contributed by atoms with Gasteiger partial charge in [-0.1, -0.05) is 17.7 Å². The fourth-order valence-electron chi connectivity index (χ4n) is 1.72. The molecule has 2 nitrogen and oxygen atoms in total. The van der Waals surface area contributed by atoms with Gasteiger partial charge in [-0.05, 0) is 45.2 Å². The quantitative estimate of drug-likeness (QED) is 0.856. The Balaban J connectivity index is 3.11. The van der Waals surface area contributed by atoms with E-state index in [1.807, 2.05) is 6.92 Å². The summed E-state index contributed by atoms with van der Waals surface area (Å²) in [7, 11) is 0. The number of carbonyl (C=O) groups is 1. The summed E-state index contributed by atoms with van der Waals surface area (Å²) < 4.78 is 13.8. The van der Waals surface area contributed by atoms with Crippen molar-refractivity contribution in [3.8, 4) is 0 Å². The van der Waals surface area contributed by atoms with E-state index in [1.54, 1.807) is 32.9 Å². The van der Waals surface area contributed by atoms with Crippen LogP contribution in [0, 0.1) is 25.1 Å². The van der Waals surface area contributed by atoms with E-state index in [9.17, 15) is 9.18 Å². The van der Waals surface area contributed by atoms with Crippen LogP contribution in [-0.4, -0.2) is 11.1 Å². The van der Waals surface area contributed by atoms with E-state index >= 15 is 0 Å². The molecule has 0 spiro atoms. The third-order valence-corrected chi connectivity index (χ3v) is 2.69. The van der Waals surface area contributed by atoms with Crippen LogP contribution in [0.4, 0.5) is 4.39 Å². The molecule has 0 aliphatic carbocycles. The lowest BCUT2D eigenvalue weighted by molar-refractivity contribution is -0.146. The second-order valence-corrected chi connectivity index (χ2v) is 4.92. The number of benzene rings is 1. The third-order valence-electron chi connectivity index (χ3n) is 2.69. The molecule has 1 rings (SSSR count). The van der Waals surface area contributed by atoms with Gasteiger partial charge in [0, 0.05) is 0 Å². The summed E-state index contributed by atoms with van der Waals surface area (Å²) in [6, 6.07) is 3.47. The van der Waals surface area contributed by atoms with Crippen LogP contribution in [-0.2, 0) is 11.2 Å². The molecule has 0 heterocycles. The van der Waals surface area contributed by atoms with Gasteiger partial charge in [0.05, 0.1) is 5.41 Å². The van der Waals surface area contributed by atoms with E-state index in [2.05, 4.69) is 0 Å². The molecule has 1 aromatic carbocycles. The summed E-state index contributed by atoms with van der Waals surface area (Å²) in [5.74, 6) is -1.20. The highest BCUT2D eigenvalue weighted by atomic mass is 19.1. The molecule has 0 saturated carbocycles. The van der Waals surface area contributed by atoms with E-state index in [1.165, 1.54) is 0 Å². The Morgan fingerprint density at radius 3 is 2.44 bits per heavy atom. The van der Waals surface area contributed by atoms with Crippen molar-refractivity contribution in [3.05, 3.63) is 34.6 Å². The zero-order valence-electron chi connectivity index (χ0n) is 10.1. The molecule has 0 fully saturated rings. The highest BCUT2D eigenvalue weighted by Gasteiger charge is 2.28. The molecular formula is C13H17FO2. The first-order chi connectivity index (χ1) is 7.24. The van der Waals surface area contributed by atoms with Crippen molar-refractivity contribution < 1.29 is 14.3 Å². The predicted octanol–water partition coefficient (Wildman–Crippen LogP) is 3.10. The molecule has 3 heteroatoms. The number of aryl methyl sites for hydroxylation is 2. The van der Waals surface area contributed by atoms with Crippen LogP contribution in [0.15, 0.2) is 12.1 Å². The second-order valence-electron chi connectivity index (χ2n) is 4.92. The summed E-state index contributed by atoms with van der Waals surface area (Å²) >= 11 is 0. The third kappa shape index (κ3) is 2.60. The van der Waals surface area contributed by atoms with Gasteiger partial charge in [0.2, 0.25) is 0 Å². The van der Waals surface area contributed by atoms with Crippen LogP contribution in [0.2, 0.25) is 0 Å². The van der Waals surface area contributed by atoms with Gasteiger partial charge in [-0.25, -0.2) is 4.39 Å². The number of hydrogen-bond acceptors (Lipinski definition) is 1. The van der Waals surface area contributed by atoms with E-state index in [-0.39, 0.29) is 12.2 Å². The van der Waals surface area contributed by atoms with E-state index in [0.29, 0.717) is 11.1 Å². The van der Waals surface area contributed by atoms with Crippen molar-refractivity contribution in [2.45, 2.75) is 34.1 Å². The summed E-state index contributed by atoms with van der Waals surface area (Å²) in [6.07, 6.45) is 0.205. The molecule has 0 saturated heterocycles. The molecular weight excluding hydrogens is 207 g/mol. The van der Waals surface area contributed by atoms with Crippen LogP contribution in [0.25, 0.3) is 0 Å². The fourth-order valence-corrected chi connectivity index (χ4v) is 1.72. The molecule has 0 bridgehead atoms. The van der Waals surface area contributed by atoms with Gasteiger partial charge < -0.3 is 5.11 Å². The average molecular weight is 224 g/mol. The molecule has 0 aliphatic heterocycles. The molecule has 0 aromatic heterocycles. The van der Waals surface area contributed by atoms with Crippen molar-refractivity contribution in [2.75, 3.05) is 0 Å². The molecule has 0 aliphatic rings. The standard InChI is InChI=1S/C13H17FO2/c1-8-5-9(2)11(14)10(6-8)7-13(3,4)12(15)16/h5-6H,7H2,1-4H3,(H,15,16). The maximum atomic E-state index is 13.8. The van der Waals surface area contributed by atoms with Crippen molar-refractivity contribution in [1.29, 1.82) is 0 Å².